The number of likely N-dealkylation sites (N-methyl/N-ethyl adjacent to an activating group) is 1. The van der Waals surface area contributed by atoms with Crippen molar-refractivity contribution in [1.29, 1.82) is 0 Å². The van der Waals surface area contributed by atoms with Gasteiger partial charge >= 0.3 is 0 Å². The fourth-order valence-corrected chi connectivity index (χ4v) is 4.40. The Kier molecular flexibility index (Phi) is 8.22. The first-order valence-electron chi connectivity index (χ1n) is 9.27. The monoisotopic (exact) mass is 453 g/mol. The van der Waals surface area contributed by atoms with Crippen molar-refractivity contribution in [1.82, 2.24) is 4.31 Å². The van der Waals surface area contributed by atoms with E-state index in [4.69, 9.17) is 16.3 Å². The first-order valence-corrected chi connectivity index (χ1v) is 11.1. The maximum absolute atomic E-state index is 12.9. The minimum atomic E-state index is -3.94. The van der Waals surface area contributed by atoms with Crippen molar-refractivity contribution in [2.75, 3.05) is 30.3 Å². The number of nitrogens with one attached hydrogen (secondary N) is 2. The molecule has 2 aromatic rings. The maximum Gasteiger partial charge on any atom is 0.243 e. The lowest BCUT2D eigenvalue weighted by Crippen LogP contribution is -2.37. The van der Waals surface area contributed by atoms with Gasteiger partial charge in [-0.15, -0.1) is 0 Å². The van der Waals surface area contributed by atoms with Crippen molar-refractivity contribution in [3.05, 3.63) is 47.5 Å². The number of ether oxygens (including phenoxy) is 1. The average Bonchev–Trinajstić information content (AvgIpc) is 2.67. The van der Waals surface area contributed by atoms with E-state index in [0.29, 0.717) is 23.7 Å². The van der Waals surface area contributed by atoms with Crippen molar-refractivity contribution < 1.29 is 22.7 Å². The van der Waals surface area contributed by atoms with E-state index in [1.54, 1.807) is 38.1 Å². The van der Waals surface area contributed by atoms with E-state index in [9.17, 15) is 18.0 Å². The van der Waals surface area contributed by atoms with E-state index >= 15 is 0 Å². The van der Waals surface area contributed by atoms with Gasteiger partial charge in [0.25, 0.3) is 0 Å². The number of hydrogen-bond donors (Lipinski definition) is 2. The number of carbonyl (C=O) groups excluding carboxylic acids is 2. The summed E-state index contributed by atoms with van der Waals surface area (Å²) in [5, 5.41) is 5.43. The van der Waals surface area contributed by atoms with Crippen LogP contribution < -0.4 is 15.4 Å². The van der Waals surface area contributed by atoms with Crippen LogP contribution in [0.2, 0.25) is 5.02 Å². The highest BCUT2D eigenvalue weighted by molar-refractivity contribution is 7.89. The summed E-state index contributed by atoms with van der Waals surface area (Å²) in [6.45, 7) is 4.92. The van der Waals surface area contributed by atoms with E-state index in [1.165, 1.54) is 25.1 Å². The molecule has 8 nitrogen and oxygen atoms in total. The molecule has 0 aliphatic rings. The molecule has 162 valence electrons. The van der Waals surface area contributed by atoms with Gasteiger partial charge in [-0.2, -0.15) is 4.31 Å². The molecule has 2 amide bonds. The molecule has 0 aliphatic carbocycles. The zero-order chi connectivity index (χ0) is 22.3. The first-order chi connectivity index (χ1) is 14.2. The van der Waals surface area contributed by atoms with E-state index in [1.807, 2.05) is 0 Å². The molecule has 0 heterocycles. The van der Waals surface area contributed by atoms with Crippen molar-refractivity contribution >= 4 is 44.8 Å². The highest BCUT2D eigenvalue weighted by atomic mass is 35.5. The van der Waals surface area contributed by atoms with Gasteiger partial charge in [0.1, 0.15) is 5.75 Å². The predicted molar refractivity (Wildman–Crippen MR) is 116 cm³/mol. The van der Waals surface area contributed by atoms with Crippen LogP contribution >= 0.6 is 11.6 Å². The number of benzene rings is 2. The largest absolute Gasteiger partial charge is 0.492 e. The Morgan fingerprint density at radius 3 is 2.30 bits per heavy atom. The Labute approximate surface area is 181 Å². The summed E-state index contributed by atoms with van der Waals surface area (Å²) < 4.78 is 32.3. The number of anilines is 2. The molecule has 2 rings (SSSR count). The van der Waals surface area contributed by atoms with Gasteiger partial charge in [0.2, 0.25) is 21.8 Å². The van der Waals surface area contributed by atoms with Gasteiger partial charge in [-0.3, -0.25) is 9.59 Å². The maximum atomic E-state index is 12.9. The summed E-state index contributed by atoms with van der Waals surface area (Å²) in [6.07, 6.45) is 0. The van der Waals surface area contributed by atoms with Crippen molar-refractivity contribution in [3.63, 3.8) is 0 Å². The van der Waals surface area contributed by atoms with Gasteiger partial charge in [-0.25, -0.2) is 8.42 Å². The SMILES string of the molecule is CCOc1ccc(S(=O)(=O)N(CC)CC(=O)Nc2cccc(NC(C)=O)c2)cc1Cl. The second-order valence-corrected chi connectivity index (χ2v) is 8.61. The fraction of sp³-hybridized carbons (Fsp3) is 0.300. The highest BCUT2D eigenvalue weighted by Gasteiger charge is 2.26. The number of amides is 2. The molecule has 2 N–H and O–H groups in total. The summed E-state index contributed by atoms with van der Waals surface area (Å²) in [6, 6.07) is 10.7. The standard InChI is InChI=1S/C20H24ClN3O5S/c1-4-24(30(27,28)17-9-10-19(29-5-2)18(21)12-17)13-20(26)23-16-8-6-7-15(11-16)22-14(3)25/h6-12H,4-5,13H2,1-3H3,(H,22,25)(H,23,26). The third-order valence-corrected chi connectivity index (χ3v) is 6.19. The normalized spacial score (nSPS) is 11.2. The van der Waals surface area contributed by atoms with Crippen LogP contribution in [0.25, 0.3) is 0 Å². The number of halogens is 1. The van der Waals surface area contributed by atoms with Gasteiger partial charge in [-0.05, 0) is 43.3 Å². The molecule has 0 atom stereocenters. The van der Waals surface area contributed by atoms with Crippen LogP contribution in [0, 0.1) is 0 Å². The molecular formula is C20H24ClN3O5S. The van der Waals surface area contributed by atoms with E-state index in [0.717, 1.165) is 4.31 Å². The smallest absolute Gasteiger partial charge is 0.243 e. The lowest BCUT2D eigenvalue weighted by Gasteiger charge is -2.20. The summed E-state index contributed by atoms with van der Waals surface area (Å²) in [5.74, 6) is -0.369. The second-order valence-electron chi connectivity index (χ2n) is 6.27. The Bertz CT molecular complexity index is 1030. The van der Waals surface area contributed by atoms with Crippen LogP contribution in [0.15, 0.2) is 47.4 Å². The summed E-state index contributed by atoms with van der Waals surface area (Å²) in [7, 11) is -3.94. The highest BCUT2D eigenvalue weighted by Crippen LogP contribution is 2.28. The van der Waals surface area contributed by atoms with E-state index in [2.05, 4.69) is 10.6 Å². The van der Waals surface area contributed by atoms with Crippen molar-refractivity contribution in [3.8, 4) is 5.75 Å². The van der Waals surface area contributed by atoms with Crippen molar-refractivity contribution in [2.45, 2.75) is 25.7 Å². The van der Waals surface area contributed by atoms with Gasteiger partial charge in [0.05, 0.1) is 23.1 Å². The van der Waals surface area contributed by atoms with Gasteiger partial charge in [0, 0.05) is 24.8 Å². The Morgan fingerprint density at radius 2 is 1.73 bits per heavy atom. The molecule has 0 radical (unpaired) electrons. The lowest BCUT2D eigenvalue weighted by molar-refractivity contribution is -0.116. The zero-order valence-corrected chi connectivity index (χ0v) is 18.5. The minimum absolute atomic E-state index is 0.0294. The molecule has 0 saturated heterocycles. The van der Waals surface area contributed by atoms with Gasteiger partial charge in [0.15, 0.2) is 0 Å². The summed E-state index contributed by atoms with van der Waals surface area (Å²) in [4.78, 5) is 23.6. The average molecular weight is 454 g/mol. The number of sulfonamides is 1. The Balaban J connectivity index is 2.14. The molecule has 0 aliphatic heterocycles. The molecule has 2 aromatic carbocycles. The second kappa shape index (κ2) is 10.4. The lowest BCUT2D eigenvalue weighted by atomic mass is 10.2. The number of nitrogens with zero attached hydrogens (tertiary/aromatic N) is 1. The van der Waals surface area contributed by atoms with Crippen LogP contribution in [0.1, 0.15) is 20.8 Å². The van der Waals surface area contributed by atoms with Crippen molar-refractivity contribution in [2.24, 2.45) is 0 Å². The number of carbonyl (C=O) groups is 2. The topological polar surface area (TPSA) is 105 Å². The molecule has 0 spiro atoms. The third-order valence-electron chi connectivity index (χ3n) is 3.98. The van der Waals surface area contributed by atoms with E-state index in [-0.39, 0.29) is 28.9 Å². The quantitative estimate of drug-likeness (QED) is 0.605. The molecule has 0 fully saturated rings. The van der Waals surface area contributed by atoms with Crippen LogP contribution in [0.4, 0.5) is 11.4 Å². The first kappa shape index (κ1) is 23.7. The summed E-state index contributed by atoms with van der Waals surface area (Å²) >= 11 is 6.11. The van der Waals surface area contributed by atoms with Crippen LogP contribution in [0.3, 0.4) is 0 Å². The predicted octanol–water partition coefficient (Wildman–Crippen LogP) is 3.35. The summed E-state index contributed by atoms with van der Waals surface area (Å²) in [5.41, 5.74) is 0.952. The Morgan fingerprint density at radius 1 is 1.07 bits per heavy atom. The van der Waals surface area contributed by atoms with Crippen LogP contribution in [-0.2, 0) is 19.6 Å². The van der Waals surface area contributed by atoms with Crippen LogP contribution in [0.5, 0.6) is 5.75 Å². The van der Waals surface area contributed by atoms with Gasteiger partial charge in [-0.1, -0.05) is 24.6 Å². The molecule has 30 heavy (non-hydrogen) atoms. The number of hydrogen-bond acceptors (Lipinski definition) is 5. The zero-order valence-electron chi connectivity index (χ0n) is 16.9. The Hall–Kier alpha value is -2.62. The van der Waals surface area contributed by atoms with Gasteiger partial charge < -0.3 is 15.4 Å². The molecular weight excluding hydrogens is 430 g/mol. The minimum Gasteiger partial charge on any atom is -0.492 e. The number of rotatable bonds is 9. The third kappa shape index (κ3) is 6.19. The van der Waals surface area contributed by atoms with E-state index < -0.39 is 15.9 Å². The molecule has 0 aromatic heterocycles. The molecule has 0 saturated carbocycles. The molecule has 0 unspecified atom stereocenters. The fourth-order valence-electron chi connectivity index (χ4n) is 2.67. The molecule has 0 bridgehead atoms. The molecule has 10 heteroatoms. The van der Waals surface area contributed by atoms with Crippen LogP contribution in [-0.4, -0.2) is 44.2 Å².